The van der Waals surface area contributed by atoms with Crippen LogP contribution in [0.2, 0.25) is 0 Å². The number of benzene rings is 1. The summed E-state index contributed by atoms with van der Waals surface area (Å²) in [4.78, 5) is 11.8. The van der Waals surface area contributed by atoms with Crippen LogP contribution in [0, 0.1) is 5.92 Å². The maximum atomic E-state index is 11.8. The number of hydrogen-bond acceptors (Lipinski definition) is 4. The third-order valence-electron chi connectivity index (χ3n) is 3.50. The predicted octanol–water partition coefficient (Wildman–Crippen LogP) is 0.149. The molecular formula is C14H20N2O3. The molecule has 1 saturated carbocycles. The quantitative estimate of drug-likeness (QED) is 0.608. The van der Waals surface area contributed by atoms with Gasteiger partial charge >= 0.3 is 0 Å². The number of aliphatic hydroxyl groups is 1. The van der Waals surface area contributed by atoms with Gasteiger partial charge in [-0.1, -0.05) is 12.1 Å². The summed E-state index contributed by atoms with van der Waals surface area (Å²) in [5.74, 6) is 0.402. The second-order valence-electron chi connectivity index (χ2n) is 5.21. The van der Waals surface area contributed by atoms with Crippen molar-refractivity contribution in [1.29, 1.82) is 0 Å². The van der Waals surface area contributed by atoms with Crippen molar-refractivity contribution < 1.29 is 15.0 Å². The van der Waals surface area contributed by atoms with Gasteiger partial charge in [-0.2, -0.15) is 0 Å². The molecule has 5 nitrogen and oxygen atoms in total. The van der Waals surface area contributed by atoms with Gasteiger partial charge in [-0.15, -0.1) is 0 Å². The number of aliphatic hydroxyl groups excluding tert-OH is 1. The topological polar surface area (TPSA) is 95.6 Å². The minimum absolute atomic E-state index is 0.172. The molecule has 1 aliphatic rings. The summed E-state index contributed by atoms with van der Waals surface area (Å²) >= 11 is 0. The highest BCUT2D eigenvalue weighted by Gasteiger charge is 2.27. The first-order chi connectivity index (χ1) is 9.04. The summed E-state index contributed by atoms with van der Waals surface area (Å²) in [6, 6.07) is 6.08. The number of nitrogens with one attached hydrogen (secondary N) is 1. The molecule has 5 N–H and O–H groups in total. The fourth-order valence-corrected chi connectivity index (χ4v) is 2.22. The maximum absolute atomic E-state index is 11.8. The molecule has 0 heterocycles. The van der Waals surface area contributed by atoms with E-state index in [0.717, 1.165) is 18.4 Å². The first kappa shape index (κ1) is 13.8. The zero-order chi connectivity index (χ0) is 13.8. The molecule has 0 aromatic heterocycles. The highest BCUT2D eigenvalue weighted by Crippen LogP contribution is 2.26. The molecule has 2 rings (SSSR count). The van der Waals surface area contributed by atoms with Gasteiger partial charge in [0.05, 0.1) is 12.1 Å². The Morgan fingerprint density at radius 3 is 2.58 bits per heavy atom. The van der Waals surface area contributed by atoms with Crippen molar-refractivity contribution >= 4 is 5.91 Å². The van der Waals surface area contributed by atoms with Crippen molar-refractivity contribution in [2.75, 3.05) is 6.54 Å². The van der Waals surface area contributed by atoms with Crippen LogP contribution in [-0.4, -0.2) is 34.8 Å². The monoisotopic (exact) mass is 264 g/mol. The molecule has 0 saturated heterocycles. The molecule has 1 atom stereocenters. The van der Waals surface area contributed by atoms with Crippen molar-refractivity contribution in [3.8, 4) is 5.75 Å². The van der Waals surface area contributed by atoms with Gasteiger partial charge in [0.2, 0.25) is 5.91 Å². The second kappa shape index (κ2) is 6.04. The highest BCUT2D eigenvalue weighted by atomic mass is 16.3. The zero-order valence-corrected chi connectivity index (χ0v) is 10.7. The van der Waals surface area contributed by atoms with Gasteiger partial charge in [-0.3, -0.25) is 4.79 Å². The fourth-order valence-electron chi connectivity index (χ4n) is 2.22. The number of carbonyl (C=O) groups is 1. The lowest BCUT2D eigenvalue weighted by Gasteiger charge is -2.31. The van der Waals surface area contributed by atoms with Crippen molar-refractivity contribution in [1.82, 2.24) is 5.32 Å². The minimum Gasteiger partial charge on any atom is -0.508 e. The van der Waals surface area contributed by atoms with Crippen LogP contribution in [0.15, 0.2) is 24.3 Å². The molecule has 1 aliphatic carbocycles. The lowest BCUT2D eigenvalue weighted by Crippen LogP contribution is -2.46. The van der Waals surface area contributed by atoms with Crippen LogP contribution in [0.1, 0.15) is 18.4 Å². The molecule has 0 bridgehead atoms. The largest absolute Gasteiger partial charge is 0.508 e. The van der Waals surface area contributed by atoms with Gasteiger partial charge in [0.15, 0.2) is 0 Å². The van der Waals surface area contributed by atoms with E-state index in [-0.39, 0.29) is 17.8 Å². The Morgan fingerprint density at radius 1 is 1.37 bits per heavy atom. The summed E-state index contributed by atoms with van der Waals surface area (Å²) in [7, 11) is 0. The standard InChI is InChI=1S/C14H20N2O3/c15-13(7-9-1-3-11(17)4-2-9)14(19)16-8-10-5-12(18)6-10/h1-4,10,12-13,17-18H,5-8,15H2,(H,16,19)/t10?,12?,13-/m0/s1. The number of aromatic hydroxyl groups is 1. The van der Waals surface area contributed by atoms with E-state index < -0.39 is 6.04 Å². The average Bonchev–Trinajstić information content (AvgIpc) is 2.35. The molecular weight excluding hydrogens is 244 g/mol. The smallest absolute Gasteiger partial charge is 0.237 e. The Hall–Kier alpha value is -1.59. The summed E-state index contributed by atoms with van der Waals surface area (Å²) in [6.07, 6.45) is 1.76. The van der Waals surface area contributed by atoms with Crippen LogP contribution in [0.4, 0.5) is 0 Å². The van der Waals surface area contributed by atoms with E-state index in [9.17, 15) is 4.79 Å². The van der Waals surface area contributed by atoms with E-state index in [1.54, 1.807) is 24.3 Å². The Morgan fingerprint density at radius 2 is 2.00 bits per heavy atom. The van der Waals surface area contributed by atoms with Gasteiger partial charge in [0, 0.05) is 6.54 Å². The Balaban J connectivity index is 1.74. The van der Waals surface area contributed by atoms with Crippen LogP contribution in [0.5, 0.6) is 5.75 Å². The van der Waals surface area contributed by atoms with Crippen LogP contribution >= 0.6 is 0 Å². The van der Waals surface area contributed by atoms with Crippen molar-refractivity contribution in [3.63, 3.8) is 0 Å². The molecule has 5 heteroatoms. The molecule has 19 heavy (non-hydrogen) atoms. The Bertz CT molecular complexity index is 427. The van der Waals surface area contributed by atoms with Crippen LogP contribution in [0.25, 0.3) is 0 Å². The van der Waals surface area contributed by atoms with Gasteiger partial charge in [-0.25, -0.2) is 0 Å². The number of rotatable bonds is 5. The Labute approximate surface area is 112 Å². The molecule has 0 radical (unpaired) electrons. The minimum atomic E-state index is -0.588. The molecule has 1 aromatic carbocycles. The van der Waals surface area contributed by atoms with Crippen LogP contribution in [-0.2, 0) is 11.2 Å². The molecule has 0 aliphatic heterocycles. The van der Waals surface area contributed by atoms with Crippen LogP contribution < -0.4 is 11.1 Å². The summed E-state index contributed by atoms with van der Waals surface area (Å²) < 4.78 is 0. The number of phenols is 1. The van der Waals surface area contributed by atoms with Crippen LogP contribution in [0.3, 0.4) is 0 Å². The molecule has 1 fully saturated rings. The van der Waals surface area contributed by atoms with Gasteiger partial charge in [0.1, 0.15) is 5.75 Å². The van der Waals surface area contributed by atoms with Gasteiger partial charge < -0.3 is 21.3 Å². The van der Waals surface area contributed by atoms with Gasteiger partial charge in [-0.05, 0) is 42.9 Å². The predicted molar refractivity (Wildman–Crippen MR) is 71.5 cm³/mol. The molecule has 1 amide bonds. The van der Waals surface area contributed by atoms with Gasteiger partial charge in [0.25, 0.3) is 0 Å². The summed E-state index contributed by atoms with van der Waals surface area (Å²) in [6.45, 7) is 0.583. The summed E-state index contributed by atoms with van der Waals surface area (Å²) in [5, 5.41) is 21.1. The lowest BCUT2D eigenvalue weighted by molar-refractivity contribution is -0.122. The van der Waals surface area contributed by atoms with Crippen molar-refractivity contribution in [2.24, 2.45) is 11.7 Å². The fraction of sp³-hybridized carbons (Fsp3) is 0.500. The van der Waals surface area contributed by atoms with E-state index in [1.807, 2.05) is 0 Å². The SMILES string of the molecule is N[C@@H](Cc1ccc(O)cc1)C(=O)NCC1CC(O)C1. The average molecular weight is 264 g/mol. The zero-order valence-electron chi connectivity index (χ0n) is 10.7. The molecule has 0 spiro atoms. The van der Waals surface area contributed by atoms with E-state index in [4.69, 9.17) is 15.9 Å². The van der Waals surface area contributed by atoms with E-state index in [1.165, 1.54) is 0 Å². The first-order valence-electron chi connectivity index (χ1n) is 6.54. The lowest BCUT2D eigenvalue weighted by atomic mass is 9.82. The molecule has 104 valence electrons. The number of hydrogen-bond donors (Lipinski definition) is 4. The second-order valence-corrected chi connectivity index (χ2v) is 5.21. The number of phenolic OH excluding ortho intramolecular Hbond substituents is 1. The maximum Gasteiger partial charge on any atom is 0.237 e. The normalized spacial score (nSPS) is 23.5. The Kier molecular flexibility index (Phi) is 4.39. The third kappa shape index (κ3) is 3.94. The number of carbonyl (C=O) groups excluding carboxylic acids is 1. The van der Waals surface area contributed by atoms with Crippen molar-refractivity contribution in [2.45, 2.75) is 31.4 Å². The third-order valence-corrected chi connectivity index (χ3v) is 3.50. The number of nitrogens with two attached hydrogens (primary N) is 1. The highest BCUT2D eigenvalue weighted by molar-refractivity contribution is 5.81. The van der Waals surface area contributed by atoms with E-state index >= 15 is 0 Å². The van der Waals surface area contributed by atoms with Crippen molar-refractivity contribution in [3.05, 3.63) is 29.8 Å². The van der Waals surface area contributed by atoms with E-state index in [2.05, 4.69) is 5.32 Å². The van der Waals surface area contributed by atoms with E-state index in [0.29, 0.717) is 18.9 Å². The summed E-state index contributed by atoms with van der Waals surface area (Å²) in [5.41, 5.74) is 6.75. The molecule has 0 unspecified atom stereocenters. The first-order valence-corrected chi connectivity index (χ1v) is 6.54. The number of amides is 1. The molecule has 1 aromatic rings.